The molecule has 3 aliphatic rings. The molecule has 3 fully saturated rings. The zero-order valence-corrected chi connectivity index (χ0v) is 13.9. The van der Waals surface area contributed by atoms with Crippen LogP contribution in [0.1, 0.15) is 43.8 Å². The van der Waals surface area contributed by atoms with Crippen molar-refractivity contribution in [2.24, 2.45) is 17.3 Å². The quantitative estimate of drug-likeness (QED) is 0.839. The highest BCUT2D eigenvalue weighted by Gasteiger charge is 2.53. The highest BCUT2D eigenvalue weighted by molar-refractivity contribution is 5.73. The topological polar surface area (TPSA) is 50.4 Å². The molecular weight excluding hydrogens is 307 g/mol. The normalized spacial score (nSPS) is 27.7. The van der Waals surface area contributed by atoms with E-state index in [1.807, 2.05) is 0 Å². The minimum absolute atomic E-state index is 0.0628. The third kappa shape index (κ3) is 3.41. The second-order valence-electron chi connectivity index (χ2n) is 7.59. The smallest absolute Gasteiger partial charge is 0.314 e. The Morgan fingerprint density at radius 2 is 1.92 bits per heavy atom. The number of rotatable bonds is 6. The van der Waals surface area contributed by atoms with Gasteiger partial charge in [0.1, 0.15) is 5.82 Å². The molecule has 4 nitrogen and oxygen atoms in total. The Morgan fingerprint density at radius 1 is 1.17 bits per heavy atom. The van der Waals surface area contributed by atoms with E-state index in [9.17, 15) is 9.18 Å². The van der Waals surface area contributed by atoms with Gasteiger partial charge < -0.3 is 15.4 Å². The molecule has 2 N–H and O–H groups in total. The van der Waals surface area contributed by atoms with Crippen molar-refractivity contribution in [3.63, 3.8) is 0 Å². The Morgan fingerprint density at radius 3 is 2.58 bits per heavy atom. The van der Waals surface area contributed by atoms with E-state index < -0.39 is 0 Å². The number of amides is 2. The van der Waals surface area contributed by atoms with Crippen LogP contribution in [0, 0.1) is 23.1 Å². The van der Waals surface area contributed by atoms with Crippen LogP contribution in [0.3, 0.4) is 0 Å². The maximum absolute atomic E-state index is 13.1. The van der Waals surface area contributed by atoms with Crippen LogP contribution in [0.25, 0.3) is 0 Å². The molecule has 2 amide bonds. The molecule has 2 saturated carbocycles. The van der Waals surface area contributed by atoms with E-state index in [0.717, 1.165) is 24.4 Å². The molecule has 1 aromatic carbocycles. The number of carbonyl (C=O) groups is 1. The van der Waals surface area contributed by atoms with Gasteiger partial charge in [-0.05, 0) is 61.1 Å². The summed E-state index contributed by atoms with van der Waals surface area (Å²) in [5, 5.41) is 6.04. The number of urea groups is 1. The largest absolute Gasteiger partial charge is 0.373 e. The number of hydrogen-bond donors (Lipinski definition) is 2. The van der Waals surface area contributed by atoms with Crippen molar-refractivity contribution >= 4 is 6.03 Å². The highest BCUT2D eigenvalue weighted by Crippen LogP contribution is 2.60. The third-order valence-corrected chi connectivity index (χ3v) is 5.87. The number of carbonyl (C=O) groups excluding carboxylic acids is 1. The van der Waals surface area contributed by atoms with Crippen molar-refractivity contribution in [1.82, 2.24) is 10.6 Å². The molecule has 1 saturated heterocycles. The van der Waals surface area contributed by atoms with E-state index in [1.54, 1.807) is 12.1 Å². The Kier molecular flexibility index (Phi) is 4.21. The van der Waals surface area contributed by atoms with Crippen molar-refractivity contribution in [2.45, 2.75) is 38.2 Å². The van der Waals surface area contributed by atoms with Crippen molar-refractivity contribution in [2.75, 3.05) is 19.7 Å². The lowest BCUT2D eigenvalue weighted by Crippen LogP contribution is -2.41. The molecule has 1 heterocycles. The lowest BCUT2D eigenvalue weighted by atomic mass is 9.95. The average molecular weight is 332 g/mol. The van der Waals surface area contributed by atoms with Crippen LogP contribution >= 0.6 is 0 Å². The summed E-state index contributed by atoms with van der Waals surface area (Å²) in [5.41, 5.74) is 1.40. The molecule has 130 valence electrons. The molecule has 4 rings (SSSR count). The van der Waals surface area contributed by atoms with Crippen LogP contribution in [0.15, 0.2) is 24.3 Å². The van der Waals surface area contributed by atoms with Gasteiger partial charge in [-0.15, -0.1) is 0 Å². The number of ether oxygens (including phenoxy) is 1. The summed E-state index contributed by atoms with van der Waals surface area (Å²) in [5.74, 6) is 0.846. The monoisotopic (exact) mass is 332 g/mol. The van der Waals surface area contributed by atoms with Gasteiger partial charge in [0.15, 0.2) is 0 Å². The van der Waals surface area contributed by atoms with Crippen molar-refractivity contribution in [1.29, 1.82) is 0 Å². The van der Waals surface area contributed by atoms with Crippen LogP contribution < -0.4 is 10.6 Å². The van der Waals surface area contributed by atoms with Gasteiger partial charge in [0.2, 0.25) is 0 Å². The van der Waals surface area contributed by atoms with E-state index >= 15 is 0 Å². The summed E-state index contributed by atoms with van der Waals surface area (Å²) < 4.78 is 18.9. The molecule has 5 heteroatoms. The molecule has 0 radical (unpaired) electrons. The minimum Gasteiger partial charge on any atom is -0.373 e. The summed E-state index contributed by atoms with van der Waals surface area (Å²) in [6.07, 6.45) is 6.05. The Balaban J connectivity index is 1.25. The Labute approximate surface area is 142 Å². The predicted octanol–water partition coefficient (Wildman–Crippen LogP) is 3.39. The Hall–Kier alpha value is -1.62. The summed E-state index contributed by atoms with van der Waals surface area (Å²) >= 11 is 0. The maximum Gasteiger partial charge on any atom is 0.314 e. The maximum atomic E-state index is 13.1. The number of nitrogens with one attached hydrogen (secondary N) is 2. The summed E-state index contributed by atoms with van der Waals surface area (Å²) in [6.45, 7) is 2.08. The molecule has 0 spiro atoms. The van der Waals surface area contributed by atoms with Gasteiger partial charge in [0, 0.05) is 25.6 Å². The molecule has 0 unspecified atom stereocenters. The lowest BCUT2D eigenvalue weighted by molar-refractivity contribution is 0.0909. The van der Waals surface area contributed by atoms with E-state index in [-0.39, 0.29) is 23.9 Å². The van der Waals surface area contributed by atoms with Crippen molar-refractivity contribution in [3.05, 3.63) is 35.6 Å². The van der Waals surface area contributed by atoms with Gasteiger partial charge in [-0.25, -0.2) is 9.18 Å². The van der Waals surface area contributed by atoms with Crippen LogP contribution in [0.4, 0.5) is 9.18 Å². The molecule has 2 aliphatic carbocycles. The van der Waals surface area contributed by atoms with E-state index in [2.05, 4.69) is 10.6 Å². The molecule has 2 atom stereocenters. The number of hydrogen-bond acceptors (Lipinski definition) is 2. The van der Waals surface area contributed by atoms with Gasteiger partial charge in [-0.2, -0.15) is 0 Å². The molecule has 24 heavy (non-hydrogen) atoms. The summed E-state index contributed by atoms with van der Waals surface area (Å²) in [4.78, 5) is 12.1. The van der Waals surface area contributed by atoms with Gasteiger partial charge in [-0.1, -0.05) is 12.1 Å². The standard InChI is InChI=1S/C19H25FN2O2/c20-16-5-1-13(2-6-16)17-14(7-10-24-17)11-21-18(23)22-12-19(8-9-19)15-3-4-15/h1-2,5-6,14-15,17H,3-4,7-12H2,(H2,21,22,23)/t14-,17-/m0/s1. The van der Waals surface area contributed by atoms with Gasteiger partial charge in [-0.3, -0.25) is 0 Å². The van der Waals surface area contributed by atoms with Crippen LogP contribution in [-0.4, -0.2) is 25.7 Å². The number of halogens is 1. The van der Waals surface area contributed by atoms with Gasteiger partial charge in [0.05, 0.1) is 6.10 Å². The first-order valence-electron chi connectivity index (χ1n) is 9.05. The van der Waals surface area contributed by atoms with Crippen molar-refractivity contribution in [3.8, 4) is 0 Å². The Bertz CT molecular complexity index is 596. The van der Waals surface area contributed by atoms with Crippen LogP contribution in [0.5, 0.6) is 0 Å². The second kappa shape index (κ2) is 6.36. The third-order valence-electron chi connectivity index (χ3n) is 5.87. The zero-order valence-electron chi connectivity index (χ0n) is 13.9. The van der Waals surface area contributed by atoms with Gasteiger partial charge in [0.25, 0.3) is 0 Å². The van der Waals surface area contributed by atoms with Crippen molar-refractivity contribution < 1.29 is 13.9 Å². The molecule has 1 aromatic rings. The van der Waals surface area contributed by atoms with Gasteiger partial charge >= 0.3 is 6.03 Å². The second-order valence-corrected chi connectivity index (χ2v) is 7.59. The van der Waals surface area contributed by atoms with Crippen LogP contribution in [0.2, 0.25) is 0 Å². The average Bonchev–Trinajstić information content (AvgIpc) is 3.49. The molecule has 0 bridgehead atoms. The first-order valence-corrected chi connectivity index (χ1v) is 9.05. The fourth-order valence-corrected chi connectivity index (χ4v) is 3.99. The van der Waals surface area contributed by atoms with E-state index in [4.69, 9.17) is 4.74 Å². The minimum atomic E-state index is -0.240. The zero-order chi connectivity index (χ0) is 16.6. The number of benzene rings is 1. The predicted molar refractivity (Wildman–Crippen MR) is 89.0 cm³/mol. The molecule has 0 aromatic heterocycles. The lowest BCUT2D eigenvalue weighted by Gasteiger charge is -2.20. The van der Waals surface area contributed by atoms with E-state index in [0.29, 0.717) is 18.6 Å². The van der Waals surface area contributed by atoms with E-state index in [1.165, 1.54) is 37.8 Å². The first kappa shape index (κ1) is 15.9. The molecule has 1 aliphatic heterocycles. The fraction of sp³-hybridized carbons (Fsp3) is 0.632. The highest BCUT2D eigenvalue weighted by atomic mass is 19.1. The van der Waals surface area contributed by atoms with Crippen LogP contribution in [-0.2, 0) is 4.74 Å². The SMILES string of the molecule is O=C(NC[C@@H]1CCO[C@H]1c1ccc(F)cc1)NCC1(C2CC2)CC1. The summed E-state index contributed by atoms with van der Waals surface area (Å²) in [6, 6.07) is 6.38. The molecular formula is C19H25FN2O2. The first-order chi connectivity index (χ1) is 11.7. The fourth-order valence-electron chi connectivity index (χ4n) is 3.99. The summed E-state index contributed by atoms with van der Waals surface area (Å²) in [7, 11) is 0.